The molecule has 0 saturated carbocycles. The molecule has 3 atom stereocenters. The molecule has 2 aromatic rings. The Balaban J connectivity index is 1.71. The van der Waals surface area contributed by atoms with Crippen molar-refractivity contribution in [2.75, 3.05) is 6.61 Å². The molecule has 1 aliphatic heterocycles. The topological polar surface area (TPSA) is 39.7 Å². The summed E-state index contributed by atoms with van der Waals surface area (Å²) in [6, 6.07) is 20.4. The van der Waals surface area contributed by atoms with Crippen LogP contribution >= 0.6 is 0 Å². The van der Waals surface area contributed by atoms with Crippen LogP contribution in [0.15, 0.2) is 60.7 Å². The van der Waals surface area contributed by atoms with Gasteiger partial charge in [-0.1, -0.05) is 86.2 Å². The zero-order valence-electron chi connectivity index (χ0n) is 19.4. The van der Waals surface area contributed by atoms with E-state index in [9.17, 15) is 0 Å². The number of benzene rings is 2. The van der Waals surface area contributed by atoms with Crippen LogP contribution in [0.1, 0.15) is 25.0 Å². The quantitative estimate of drug-likeness (QED) is 0.477. The van der Waals surface area contributed by atoms with E-state index in [1.165, 1.54) is 5.56 Å². The SMILES string of the molecule is CC1(C)O[C@H]([C@@H](C#C[Si](C)(C)C)NCc2ccccc2)[C@H](COCc2ccccc2)O1. The molecule has 0 unspecified atom stereocenters. The molecule has 1 N–H and O–H groups in total. The van der Waals surface area contributed by atoms with Gasteiger partial charge in [0.15, 0.2) is 5.79 Å². The van der Waals surface area contributed by atoms with Crippen LogP contribution in [-0.2, 0) is 27.4 Å². The predicted octanol–water partition coefficient (Wildman–Crippen LogP) is 4.76. The van der Waals surface area contributed by atoms with Gasteiger partial charge in [0.1, 0.15) is 20.3 Å². The number of nitrogens with one attached hydrogen (secondary N) is 1. The minimum atomic E-state index is -1.54. The molecule has 0 amide bonds. The van der Waals surface area contributed by atoms with Crippen molar-refractivity contribution < 1.29 is 14.2 Å². The molecule has 1 fully saturated rings. The maximum atomic E-state index is 6.33. The van der Waals surface area contributed by atoms with Gasteiger partial charge in [-0.05, 0) is 25.0 Å². The predicted molar refractivity (Wildman–Crippen MR) is 128 cm³/mol. The fourth-order valence-corrected chi connectivity index (χ4v) is 4.10. The first kappa shape index (κ1) is 23.7. The third-order valence-corrected chi connectivity index (χ3v) is 5.81. The summed E-state index contributed by atoms with van der Waals surface area (Å²) in [5.41, 5.74) is 5.88. The zero-order chi connectivity index (χ0) is 22.3. The minimum Gasteiger partial charge on any atom is -0.374 e. The Kier molecular flexibility index (Phi) is 8.10. The lowest BCUT2D eigenvalue weighted by Gasteiger charge is -2.24. The second-order valence-electron chi connectivity index (χ2n) is 9.50. The number of rotatable bonds is 8. The Labute approximate surface area is 188 Å². The van der Waals surface area contributed by atoms with Crippen LogP contribution < -0.4 is 5.32 Å². The molecule has 0 bridgehead atoms. The molecule has 166 valence electrons. The summed E-state index contributed by atoms with van der Waals surface area (Å²) in [5, 5.41) is 3.61. The average Bonchev–Trinajstić information content (AvgIpc) is 3.03. The molecular formula is C26H35NO3Si. The van der Waals surface area contributed by atoms with E-state index in [1.807, 2.05) is 38.1 Å². The van der Waals surface area contributed by atoms with Gasteiger partial charge >= 0.3 is 0 Å². The number of hydrogen-bond acceptors (Lipinski definition) is 4. The summed E-state index contributed by atoms with van der Waals surface area (Å²) < 4.78 is 18.6. The minimum absolute atomic E-state index is 0.140. The van der Waals surface area contributed by atoms with E-state index in [0.717, 1.165) is 12.1 Å². The van der Waals surface area contributed by atoms with Crippen LogP contribution in [0.25, 0.3) is 0 Å². The summed E-state index contributed by atoms with van der Waals surface area (Å²) in [4.78, 5) is 0. The molecule has 4 nitrogen and oxygen atoms in total. The van der Waals surface area contributed by atoms with Crippen LogP contribution in [0, 0.1) is 11.5 Å². The summed E-state index contributed by atoms with van der Waals surface area (Å²) in [7, 11) is -1.54. The smallest absolute Gasteiger partial charge is 0.164 e. The van der Waals surface area contributed by atoms with Crippen molar-refractivity contribution in [3.05, 3.63) is 71.8 Å². The lowest BCUT2D eigenvalue weighted by Crippen LogP contribution is -2.45. The second kappa shape index (κ2) is 10.6. The molecule has 1 aliphatic rings. The van der Waals surface area contributed by atoms with Gasteiger partial charge in [-0.25, -0.2) is 0 Å². The van der Waals surface area contributed by atoms with Crippen LogP contribution in [0.4, 0.5) is 0 Å². The van der Waals surface area contributed by atoms with E-state index in [4.69, 9.17) is 14.2 Å². The maximum absolute atomic E-state index is 6.33. The Morgan fingerprint density at radius 3 is 2.19 bits per heavy atom. The normalized spacial score (nSPS) is 21.3. The highest BCUT2D eigenvalue weighted by Gasteiger charge is 2.45. The Morgan fingerprint density at radius 1 is 0.968 bits per heavy atom. The molecule has 0 aliphatic carbocycles. The van der Waals surface area contributed by atoms with Gasteiger partial charge in [0, 0.05) is 6.54 Å². The van der Waals surface area contributed by atoms with Gasteiger partial charge in [0.25, 0.3) is 0 Å². The van der Waals surface area contributed by atoms with Crippen molar-refractivity contribution in [3.63, 3.8) is 0 Å². The fraction of sp³-hybridized carbons (Fsp3) is 0.462. The largest absolute Gasteiger partial charge is 0.374 e. The third-order valence-electron chi connectivity index (χ3n) is 4.92. The van der Waals surface area contributed by atoms with E-state index >= 15 is 0 Å². The zero-order valence-corrected chi connectivity index (χ0v) is 20.4. The van der Waals surface area contributed by atoms with Crippen molar-refractivity contribution in [1.29, 1.82) is 0 Å². The number of ether oxygens (including phenoxy) is 3. The maximum Gasteiger partial charge on any atom is 0.164 e. The molecule has 0 aromatic heterocycles. The van der Waals surface area contributed by atoms with Crippen molar-refractivity contribution in [2.24, 2.45) is 0 Å². The fourth-order valence-electron chi connectivity index (χ4n) is 3.51. The van der Waals surface area contributed by atoms with E-state index < -0.39 is 13.9 Å². The standard InChI is InChI=1S/C26H35NO3Si/c1-26(2)29-24(20-28-19-22-14-10-7-11-15-22)25(30-26)23(16-17-31(3,4)5)27-18-21-12-8-6-9-13-21/h6-15,23-25,27H,18-20H2,1-5H3/t23-,24+,25-/m1/s1. The lowest BCUT2D eigenvalue weighted by atomic mass is 10.1. The van der Waals surface area contributed by atoms with Crippen LogP contribution in [-0.4, -0.2) is 38.7 Å². The summed E-state index contributed by atoms with van der Waals surface area (Å²) in [5.74, 6) is 2.82. The number of hydrogen-bond donors (Lipinski definition) is 1. The van der Waals surface area contributed by atoms with Gasteiger partial charge < -0.3 is 14.2 Å². The Hall–Kier alpha value is -1.94. The van der Waals surface area contributed by atoms with Crippen molar-refractivity contribution in [2.45, 2.75) is 70.7 Å². The molecule has 3 rings (SSSR count). The Bertz CT molecular complexity index is 868. The first-order chi connectivity index (χ1) is 14.7. The lowest BCUT2D eigenvalue weighted by molar-refractivity contribution is -0.152. The summed E-state index contributed by atoms with van der Waals surface area (Å²) in [6.45, 7) is 12.4. The first-order valence-corrected chi connectivity index (χ1v) is 14.5. The van der Waals surface area contributed by atoms with Crippen molar-refractivity contribution in [3.8, 4) is 11.5 Å². The first-order valence-electron chi connectivity index (χ1n) is 11.0. The van der Waals surface area contributed by atoms with Gasteiger partial charge in [0.05, 0.1) is 19.3 Å². The Morgan fingerprint density at radius 2 is 1.58 bits per heavy atom. The molecular weight excluding hydrogens is 402 g/mol. The average molecular weight is 438 g/mol. The summed E-state index contributed by atoms with van der Waals surface area (Å²) in [6.07, 6.45) is -0.402. The second-order valence-corrected chi connectivity index (χ2v) is 14.3. The highest BCUT2D eigenvalue weighted by atomic mass is 28.3. The summed E-state index contributed by atoms with van der Waals surface area (Å²) >= 11 is 0. The molecule has 31 heavy (non-hydrogen) atoms. The van der Waals surface area contributed by atoms with E-state index in [-0.39, 0.29) is 18.2 Å². The van der Waals surface area contributed by atoms with Gasteiger partial charge in [-0.3, -0.25) is 5.32 Å². The van der Waals surface area contributed by atoms with Crippen molar-refractivity contribution in [1.82, 2.24) is 5.32 Å². The van der Waals surface area contributed by atoms with E-state index in [2.05, 4.69) is 72.8 Å². The molecule has 5 heteroatoms. The van der Waals surface area contributed by atoms with Crippen LogP contribution in [0.3, 0.4) is 0 Å². The highest BCUT2D eigenvalue weighted by molar-refractivity contribution is 6.83. The van der Waals surface area contributed by atoms with Crippen LogP contribution in [0.2, 0.25) is 19.6 Å². The highest BCUT2D eigenvalue weighted by Crippen LogP contribution is 2.30. The van der Waals surface area contributed by atoms with Crippen LogP contribution in [0.5, 0.6) is 0 Å². The van der Waals surface area contributed by atoms with E-state index in [1.54, 1.807) is 0 Å². The van der Waals surface area contributed by atoms with Gasteiger partial charge in [0.2, 0.25) is 0 Å². The monoisotopic (exact) mass is 437 g/mol. The third kappa shape index (κ3) is 7.92. The van der Waals surface area contributed by atoms with Gasteiger partial charge in [-0.2, -0.15) is 0 Å². The molecule has 2 aromatic carbocycles. The molecule has 1 saturated heterocycles. The molecule has 1 heterocycles. The van der Waals surface area contributed by atoms with E-state index in [0.29, 0.717) is 13.2 Å². The molecule has 0 radical (unpaired) electrons. The molecule has 0 spiro atoms. The van der Waals surface area contributed by atoms with Crippen molar-refractivity contribution >= 4 is 8.07 Å². The van der Waals surface area contributed by atoms with Gasteiger partial charge in [-0.15, -0.1) is 5.54 Å².